The quantitative estimate of drug-likeness (QED) is 0.756. The molecule has 4 heteroatoms. The SMILES string of the molecule is CCOC(=O)C1(c2cc(F)ccc2OCc2ccccc2)CC1. The second-order valence-electron chi connectivity index (χ2n) is 5.72. The smallest absolute Gasteiger partial charge is 0.316 e. The Hall–Kier alpha value is -2.36. The van der Waals surface area contributed by atoms with Crippen LogP contribution in [0.25, 0.3) is 0 Å². The molecule has 0 amide bonds. The van der Waals surface area contributed by atoms with Gasteiger partial charge in [0.05, 0.1) is 12.0 Å². The van der Waals surface area contributed by atoms with Gasteiger partial charge in [0.2, 0.25) is 0 Å². The lowest BCUT2D eigenvalue weighted by molar-refractivity contribution is -0.146. The summed E-state index contributed by atoms with van der Waals surface area (Å²) in [5.41, 5.74) is 0.861. The molecule has 1 aliphatic carbocycles. The summed E-state index contributed by atoms with van der Waals surface area (Å²) in [5, 5.41) is 0. The Morgan fingerprint density at radius 1 is 1.17 bits per heavy atom. The highest BCUT2D eigenvalue weighted by Gasteiger charge is 2.54. The average molecular weight is 314 g/mol. The number of hydrogen-bond acceptors (Lipinski definition) is 3. The molecule has 0 atom stereocenters. The summed E-state index contributed by atoms with van der Waals surface area (Å²) in [6, 6.07) is 14.1. The molecule has 3 nitrogen and oxygen atoms in total. The van der Waals surface area contributed by atoms with Crippen molar-refractivity contribution in [3.8, 4) is 5.75 Å². The van der Waals surface area contributed by atoms with E-state index >= 15 is 0 Å². The molecule has 1 saturated carbocycles. The number of halogens is 1. The highest BCUT2D eigenvalue weighted by atomic mass is 19.1. The van der Waals surface area contributed by atoms with E-state index in [4.69, 9.17) is 9.47 Å². The first kappa shape index (κ1) is 15.5. The van der Waals surface area contributed by atoms with Gasteiger partial charge in [-0.1, -0.05) is 30.3 Å². The van der Waals surface area contributed by atoms with Crippen LogP contribution in [0.4, 0.5) is 4.39 Å². The molecule has 2 aromatic rings. The molecule has 1 aliphatic rings. The van der Waals surface area contributed by atoms with Crippen molar-refractivity contribution in [3.63, 3.8) is 0 Å². The zero-order valence-electron chi connectivity index (χ0n) is 13.0. The van der Waals surface area contributed by atoms with Gasteiger partial charge >= 0.3 is 5.97 Å². The first-order valence-corrected chi connectivity index (χ1v) is 7.80. The first-order valence-electron chi connectivity index (χ1n) is 7.80. The third kappa shape index (κ3) is 3.21. The molecule has 0 aliphatic heterocycles. The molecule has 0 N–H and O–H groups in total. The first-order chi connectivity index (χ1) is 11.2. The van der Waals surface area contributed by atoms with E-state index in [0.29, 0.717) is 37.4 Å². The minimum Gasteiger partial charge on any atom is -0.489 e. The Balaban J connectivity index is 1.85. The van der Waals surface area contributed by atoms with Crippen molar-refractivity contribution in [2.24, 2.45) is 0 Å². The van der Waals surface area contributed by atoms with Gasteiger partial charge in [-0.3, -0.25) is 4.79 Å². The second kappa shape index (κ2) is 6.41. The minimum atomic E-state index is -0.746. The van der Waals surface area contributed by atoms with Crippen LogP contribution in [-0.2, 0) is 21.6 Å². The number of ether oxygens (including phenoxy) is 2. The molecule has 23 heavy (non-hydrogen) atoms. The monoisotopic (exact) mass is 314 g/mol. The maximum atomic E-state index is 13.7. The molecule has 3 rings (SSSR count). The highest BCUT2D eigenvalue weighted by molar-refractivity contribution is 5.87. The van der Waals surface area contributed by atoms with Crippen LogP contribution in [-0.4, -0.2) is 12.6 Å². The van der Waals surface area contributed by atoms with E-state index in [1.807, 2.05) is 30.3 Å². The Labute approximate surface area is 135 Å². The van der Waals surface area contributed by atoms with E-state index in [1.54, 1.807) is 13.0 Å². The molecule has 120 valence electrons. The predicted octanol–water partition coefficient (Wildman–Crippen LogP) is 4.00. The van der Waals surface area contributed by atoms with Gasteiger partial charge in [0.1, 0.15) is 18.2 Å². The molecule has 0 saturated heterocycles. The maximum absolute atomic E-state index is 13.7. The summed E-state index contributed by atoms with van der Waals surface area (Å²) >= 11 is 0. The standard InChI is InChI=1S/C19H19FO3/c1-2-22-18(21)19(10-11-19)16-12-15(20)8-9-17(16)23-13-14-6-4-3-5-7-14/h3-9,12H,2,10-11,13H2,1H3. The number of carbonyl (C=O) groups excluding carboxylic acids is 1. The van der Waals surface area contributed by atoms with Crippen molar-refractivity contribution in [1.29, 1.82) is 0 Å². The number of benzene rings is 2. The molecule has 0 spiro atoms. The minimum absolute atomic E-state index is 0.296. The lowest BCUT2D eigenvalue weighted by atomic mass is 9.95. The van der Waals surface area contributed by atoms with Crippen LogP contribution in [0, 0.1) is 5.82 Å². The fraction of sp³-hybridized carbons (Fsp3) is 0.316. The van der Waals surface area contributed by atoms with Crippen molar-refractivity contribution in [2.45, 2.75) is 31.8 Å². The number of rotatable bonds is 6. The van der Waals surface area contributed by atoms with Gasteiger partial charge in [-0.25, -0.2) is 4.39 Å². The van der Waals surface area contributed by atoms with E-state index in [9.17, 15) is 9.18 Å². The molecule has 0 bridgehead atoms. The Morgan fingerprint density at radius 3 is 2.57 bits per heavy atom. The Bertz CT molecular complexity index is 693. The third-order valence-electron chi connectivity index (χ3n) is 4.11. The largest absolute Gasteiger partial charge is 0.489 e. The van der Waals surface area contributed by atoms with Gasteiger partial charge in [-0.2, -0.15) is 0 Å². The van der Waals surface area contributed by atoms with Crippen molar-refractivity contribution >= 4 is 5.97 Å². The molecular formula is C19H19FO3. The lowest BCUT2D eigenvalue weighted by Crippen LogP contribution is -2.24. The van der Waals surface area contributed by atoms with Crippen LogP contribution < -0.4 is 4.74 Å². The van der Waals surface area contributed by atoms with Crippen molar-refractivity contribution in [3.05, 3.63) is 65.5 Å². The number of esters is 1. The van der Waals surface area contributed by atoms with Crippen molar-refractivity contribution < 1.29 is 18.7 Å². The van der Waals surface area contributed by atoms with Crippen molar-refractivity contribution in [2.75, 3.05) is 6.61 Å². The number of hydrogen-bond donors (Lipinski definition) is 0. The Kier molecular flexibility index (Phi) is 4.33. The fourth-order valence-corrected chi connectivity index (χ4v) is 2.72. The normalized spacial score (nSPS) is 15.0. The summed E-state index contributed by atoms with van der Waals surface area (Å²) < 4.78 is 24.7. The predicted molar refractivity (Wildman–Crippen MR) is 84.7 cm³/mol. The zero-order valence-corrected chi connectivity index (χ0v) is 13.0. The van der Waals surface area contributed by atoms with E-state index in [-0.39, 0.29) is 11.8 Å². The van der Waals surface area contributed by atoms with Gasteiger partial charge in [-0.05, 0) is 43.5 Å². The topological polar surface area (TPSA) is 35.5 Å². The van der Waals surface area contributed by atoms with Crippen LogP contribution >= 0.6 is 0 Å². The van der Waals surface area contributed by atoms with Gasteiger partial charge < -0.3 is 9.47 Å². The van der Waals surface area contributed by atoms with Gasteiger partial charge in [0.15, 0.2) is 0 Å². The van der Waals surface area contributed by atoms with Crippen molar-refractivity contribution in [1.82, 2.24) is 0 Å². The molecular weight excluding hydrogens is 295 g/mol. The molecule has 2 aromatic carbocycles. The van der Waals surface area contributed by atoms with E-state index in [0.717, 1.165) is 5.56 Å². The third-order valence-corrected chi connectivity index (χ3v) is 4.11. The number of carbonyl (C=O) groups is 1. The van der Waals surface area contributed by atoms with E-state index < -0.39 is 5.41 Å². The zero-order chi connectivity index (χ0) is 16.3. The summed E-state index contributed by atoms with van der Waals surface area (Å²) in [6.45, 7) is 2.46. The van der Waals surface area contributed by atoms with E-state index in [2.05, 4.69) is 0 Å². The van der Waals surface area contributed by atoms with Gasteiger partial charge in [0.25, 0.3) is 0 Å². The second-order valence-corrected chi connectivity index (χ2v) is 5.72. The molecule has 0 aromatic heterocycles. The van der Waals surface area contributed by atoms with Gasteiger partial charge in [-0.15, -0.1) is 0 Å². The van der Waals surface area contributed by atoms with Crippen LogP contribution in [0.15, 0.2) is 48.5 Å². The van der Waals surface area contributed by atoms with Gasteiger partial charge in [0, 0.05) is 5.56 Å². The molecule has 0 radical (unpaired) electrons. The van der Waals surface area contributed by atoms with Crippen LogP contribution in [0.2, 0.25) is 0 Å². The summed E-state index contributed by atoms with van der Waals surface area (Å²) in [7, 11) is 0. The molecule has 0 heterocycles. The highest BCUT2D eigenvalue weighted by Crippen LogP contribution is 2.52. The van der Waals surface area contributed by atoms with Crippen LogP contribution in [0.5, 0.6) is 5.75 Å². The summed E-state index contributed by atoms with van der Waals surface area (Å²) in [4.78, 5) is 12.3. The van der Waals surface area contributed by atoms with E-state index in [1.165, 1.54) is 12.1 Å². The Morgan fingerprint density at radius 2 is 1.91 bits per heavy atom. The molecule has 0 unspecified atom stereocenters. The fourth-order valence-electron chi connectivity index (χ4n) is 2.72. The molecule has 1 fully saturated rings. The maximum Gasteiger partial charge on any atom is 0.316 e. The lowest BCUT2D eigenvalue weighted by Gasteiger charge is -2.18. The van der Waals surface area contributed by atoms with Crippen LogP contribution in [0.1, 0.15) is 30.9 Å². The average Bonchev–Trinajstić information content (AvgIpc) is 3.37. The summed E-state index contributed by atoms with van der Waals surface area (Å²) in [5.74, 6) is -0.126. The summed E-state index contributed by atoms with van der Waals surface area (Å²) in [6.07, 6.45) is 1.33. The van der Waals surface area contributed by atoms with Crippen LogP contribution in [0.3, 0.4) is 0 Å².